The Morgan fingerprint density at radius 2 is 1.91 bits per heavy atom. The van der Waals surface area contributed by atoms with Gasteiger partial charge in [-0.1, -0.05) is 12.7 Å². The molecule has 1 rings (SSSR count). The summed E-state index contributed by atoms with van der Waals surface area (Å²) >= 11 is 0. The van der Waals surface area contributed by atoms with Crippen LogP contribution in [-0.2, 0) is 0 Å². The number of rotatable bonds is 2. The van der Waals surface area contributed by atoms with Gasteiger partial charge in [0.1, 0.15) is 0 Å². The molecule has 1 nitrogen and oxygen atoms in total. The number of hydrogen-bond acceptors (Lipinski definition) is 1. The lowest BCUT2D eigenvalue weighted by molar-refractivity contribution is 0.286. The van der Waals surface area contributed by atoms with Gasteiger partial charge in [-0.2, -0.15) is 0 Å². The van der Waals surface area contributed by atoms with Gasteiger partial charge in [-0.15, -0.1) is 0 Å². The van der Waals surface area contributed by atoms with Crippen LogP contribution in [0, 0.1) is 0 Å². The molecule has 1 saturated heterocycles. The Hall–Kier alpha value is -0.720. The lowest BCUT2D eigenvalue weighted by Gasteiger charge is -2.29. The summed E-state index contributed by atoms with van der Waals surface area (Å²) in [5.41, 5.74) is 1.36. The van der Waals surface area contributed by atoms with Crippen LogP contribution in [0.4, 0.5) is 0 Å². The zero-order chi connectivity index (χ0) is 8.10. The molecule has 62 valence electrons. The minimum atomic E-state index is 1.23. The predicted octanol–water partition coefficient (Wildman–Crippen LogP) is 2.56. The number of piperidine rings is 1. The van der Waals surface area contributed by atoms with Crippen LogP contribution >= 0.6 is 0 Å². The lowest BCUT2D eigenvalue weighted by atomic mass is 10.1. The Morgan fingerprint density at radius 3 is 2.45 bits per heavy atom. The first kappa shape index (κ1) is 8.38. The average molecular weight is 151 g/mol. The van der Waals surface area contributed by atoms with Crippen molar-refractivity contribution in [2.45, 2.75) is 26.2 Å². The molecule has 0 spiro atoms. The zero-order valence-corrected chi connectivity index (χ0v) is 7.34. The molecule has 1 heterocycles. The Labute approximate surface area is 69.4 Å². The van der Waals surface area contributed by atoms with Crippen molar-refractivity contribution in [3.05, 3.63) is 24.4 Å². The minimum absolute atomic E-state index is 1.23. The molecule has 11 heavy (non-hydrogen) atoms. The fourth-order valence-corrected chi connectivity index (χ4v) is 1.52. The molecule has 0 aliphatic carbocycles. The van der Waals surface area contributed by atoms with Crippen LogP contribution in [0.5, 0.6) is 0 Å². The van der Waals surface area contributed by atoms with E-state index < -0.39 is 0 Å². The first-order valence-electron chi connectivity index (χ1n) is 4.39. The van der Waals surface area contributed by atoms with Crippen molar-refractivity contribution in [3.63, 3.8) is 0 Å². The number of hydrogen-bond donors (Lipinski definition) is 0. The molecule has 1 fully saturated rings. The molecule has 1 heteroatoms. The molecule has 0 N–H and O–H groups in total. The van der Waals surface area contributed by atoms with E-state index in [1.54, 1.807) is 0 Å². The Balaban J connectivity index is 2.44. The standard InChI is InChI=1S/C10H17N/c1-3-7-10(2)11-8-5-4-6-9-11/h3,7H,1,4-6,8-9H2,2H3/b10-7+. The maximum atomic E-state index is 3.69. The SMILES string of the molecule is C=C/C=C(\C)N1CCCCC1. The molecule has 0 amide bonds. The van der Waals surface area contributed by atoms with Gasteiger partial charge in [-0.3, -0.25) is 0 Å². The second-order valence-electron chi connectivity index (χ2n) is 3.09. The van der Waals surface area contributed by atoms with Gasteiger partial charge in [0.25, 0.3) is 0 Å². The van der Waals surface area contributed by atoms with E-state index >= 15 is 0 Å². The van der Waals surface area contributed by atoms with E-state index in [9.17, 15) is 0 Å². The zero-order valence-electron chi connectivity index (χ0n) is 7.34. The summed E-state index contributed by atoms with van der Waals surface area (Å²) in [5.74, 6) is 0. The third-order valence-corrected chi connectivity index (χ3v) is 2.21. The molecule has 0 saturated carbocycles. The molecule has 0 unspecified atom stereocenters. The normalized spacial score (nSPS) is 20.1. The van der Waals surface area contributed by atoms with Crippen LogP contribution < -0.4 is 0 Å². The minimum Gasteiger partial charge on any atom is -0.375 e. The highest BCUT2D eigenvalue weighted by molar-refractivity contribution is 5.07. The molecule has 0 aromatic heterocycles. The van der Waals surface area contributed by atoms with Gasteiger partial charge in [0.15, 0.2) is 0 Å². The summed E-state index contributed by atoms with van der Waals surface area (Å²) in [6, 6.07) is 0. The Morgan fingerprint density at radius 1 is 1.27 bits per heavy atom. The van der Waals surface area contributed by atoms with Crippen LogP contribution in [0.15, 0.2) is 24.4 Å². The predicted molar refractivity (Wildman–Crippen MR) is 49.4 cm³/mol. The van der Waals surface area contributed by atoms with E-state index in [1.165, 1.54) is 38.0 Å². The molecule has 1 aliphatic heterocycles. The largest absolute Gasteiger partial charge is 0.375 e. The van der Waals surface area contributed by atoms with Crippen molar-refractivity contribution in [2.75, 3.05) is 13.1 Å². The van der Waals surface area contributed by atoms with Gasteiger partial charge in [0, 0.05) is 18.8 Å². The first-order chi connectivity index (χ1) is 5.34. The molecule has 0 bridgehead atoms. The van der Waals surface area contributed by atoms with E-state index in [1.807, 2.05) is 6.08 Å². The van der Waals surface area contributed by atoms with Crippen LogP contribution in [-0.4, -0.2) is 18.0 Å². The third kappa shape index (κ3) is 2.41. The quantitative estimate of drug-likeness (QED) is 0.548. The number of nitrogens with zero attached hydrogens (tertiary/aromatic N) is 1. The maximum absolute atomic E-state index is 3.69. The van der Waals surface area contributed by atoms with Gasteiger partial charge in [0.05, 0.1) is 0 Å². The highest BCUT2D eigenvalue weighted by Gasteiger charge is 2.08. The van der Waals surface area contributed by atoms with Gasteiger partial charge >= 0.3 is 0 Å². The second kappa shape index (κ2) is 4.22. The van der Waals surface area contributed by atoms with E-state index in [4.69, 9.17) is 0 Å². The summed E-state index contributed by atoms with van der Waals surface area (Å²) < 4.78 is 0. The van der Waals surface area contributed by atoms with Gasteiger partial charge in [-0.25, -0.2) is 0 Å². The van der Waals surface area contributed by atoms with E-state index in [2.05, 4.69) is 24.5 Å². The van der Waals surface area contributed by atoms with Crippen LogP contribution in [0.1, 0.15) is 26.2 Å². The summed E-state index contributed by atoms with van der Waals surface area (Å²) in [5, 5.41) is 0. The average Bonchev–Trinajstić information content (AvgIpc) is 2.07. The smallest absolute Gasteiger partial charge is 0.0174 e. The fourth-order valence-electron chi connectivity index (χ4n) is 1.52. The van der Waals surface area contributed by atoms with Crippen LogP contribution in [0.2, 0.25) is 0 Å². The van der Waals surface area contributed by atoms with E-state index in [0.29, 0.717) is 0 Å². The molecule has 0 aromatic rings. The summed E-state index contributed by atoms with van der Waals surface area (Å²) in [6.07, 6.45) is 8.05. The van der Waals surface area contributed by atoms with Gasteiger partial charge in [-0.05, 0) is 32.3 Å². The van der Waals surface area contributed by atoms with Crippen molar-refractivity contribution < 1.29 is 0 Å². The van der Waals surface area contributed by atoms with Gasteiger partial charge < -0.3 is 4.90 Å². The molecule has 0 atom stereocenters. The third-order valence-electron chi connectivity index (χ3n) is 2.21. The summed E-state index contributed by atoms with van der Waals surface area (Å²) in [7, 11) is 0. The van der Waals surface area contributed by atoms with Crippen LogP contribution in [0.25, 0.3) is 0 Å². The van der Waals surface area contributed by atoms with Crippen LogP contribution in [0.3, 0.4) is 0 Å². The van der Waals surface area contributed by atoms with Crippen molar-refractivity contribution in [3.8, 4) is 0 Å². The van der Waals surface area contributed by atoms with Crippen molar-refractivity contribution >= 4 is 0 Å². The van der Waals surface area contributed by atoms with Crippen molar-refractivity contribution in [2.24, 2.45) is 0 Å². The topological polar surface area (TPSA) is 3.24 Å². The monoisotopic (exact) mass is 151 g/mol. The first-order valence-corrected chi connectivity index (χ1v) is 4.39. The summed E-state index contributed by atoms with van der Waals surface area (Å²) in [4.78, 5) is 2.44. The van der Waals surface area contributed by atoms with E-state index in [-0.39, 0.29) is 0 Å². The molecule has 1 aliphatic rings. The molecular weight excluding hydrogens is 134 g/mol. The number of likely N-dealkylation sites (tertiary alicyclic amines) is 1. The molecule has 0 radical (unpaired) electrons. The Kier molecular flexibility index (Phi) is 3.21. The molecular formula is C10H17N. The lowest BCUT2D eigenvalue weighted by Crippen LogP contribution is -2.27. The molecule has 0 aromatic carbocycles. The van der Waals surface area contributed by atoms with Crippen molar-refractivity contribution in [1.29, 1.82) is 0 Å². The van der Waals surface area contributed by atoms with Gasteiger partial charge in [0.2, 0.25) is 0 Å². The fraction of sp³-hybridized carbons (Fsp3) is 0.600. The van der Waals surface area contributed by atoms with Crippen molar-refractivity contribution in [1.82, 2.24) is 4.90 Å². The van der Waals surface area contributed by atoms with E-state index in [0.717, 1.165) is 0 Å². The second-order valence-corrected chi connectivity index (χ2v) is 3.09. The number of allylic oxidation sites excluding steroid dienone is 3. The highest BCUT2D eigenvalue weighted by atomic mass is 15.1. The summed E-state index contributed by atoms with van der Waals surface area (Å²) in [6.45, 7) is 8.32. The maximum Gasteiger partial charge on any atom is 0.0174 e. The highest BCUT2D eigenvalue weighted by Crippen LogP contribution is 2.13. The Bertz CT molecular complexity index is 152.